The fourth-order valence-electron chi connectivity index (χ4n) is 3.36. The highest BCUT2D eigenvalue weighted by Crippen LogP contribution is 2.53. The van der Waals surface area contributed by atoms with Crippen LogP contribution in [-0.4, -0.2) is 47.0 Å². The molecule has 3 heterocycles. The van der Waals surface area contributed by atoms with Crippen LogP contribution in [0.25, 0.3) is 0 Å². The van der Waals surface area contributed by atoms with Gasteiger partial charge in [-0.15, -0.1) is 0 Å². The Morgan fingerprint density at radius 2 is 2.17 bits per heavy atom. The molecular formula is C18H29N4O7P. The molecule has 5 atom stereocenters. The summed E-state index contributed by atoms with van der Waals surface area (Å²) in [6.07, 6.45) is 1.88. The van der Waals surface area contributed by atoms with Gasteiger partial charge in [-0.1, -0.05) is 26.7 Å². The van der Waals surface area contributed by atoms with Crippen molar-refractivity contribution in [3.63, 3.8) is 0 Å². The maximum Gasteiger partial charge on any atom is 0.406 e. The number of anilines is 1. The Morgan fingerprint density at radius 1 is 1.43 bits per heavy atom. The number of nitrogens with zero attached hydrogens (tertiary/aromatic N) is 2. The van der Waals surface area contributed by atoms with Gasteiger partial charge >= 0.3 is 19.4 Å². The van der Waals surface area contributed by atoms with Gasteiger partial charge in [-0.2, -0.15) is 4.98 Å². The molecule has 0 aromatic carbocycles. The number of ether oxygens (including phenoxy) is 2. The van der Waals surface area contributed by atoms with Gasteiger partial charge < -0.3 is 15.2 Å². The van der Waals surface area contributed by atoms with Gasteiger partial charge in [0.2, 0.25) is 0 Å². The van der Waals surface area contributed by atoms with Crippen LogP contribution in [0.2, 0.25) is 0 Å². The standard InChI is InChI=1S/C18H29N4O7P/c1-4-12(5-2)9-26-17(23)11(3)21-30(25)27-10-14-13(29-30)8-16(28-14)22-7-6-15(19)20-18(22)24/h6-7,11-14,16H,4-5,8-10H2,1-3H3,(H,21,25)(H2,19,20,24)/t11-,13-,14+,16+,30?/m0/s1. The van der Waals surface area contributed by atoms with Gasteiger partial charge in [0.25, 0.3) is 0 Å². The molecule has 0 radical (unpaired) electrons. The monoisotopic (exact) mass is 444 g/mol. The van der Waals surface area contributed by atoms with Gasteiger partial charge in [-0.05, 0) is 18.9 Å². The van der Waals surface area contributed by atoms with Crippen molar-refractivity contribution in [2.24, 2.45) is 5.92 Å². The number of nitrogens with one attached hydrogen (secondary N) is 1. The lowest BCUT2D eigenvalue weighted by molar-refractivity contribution is -0.147. The van der Waals surface area contributed by atoms with E-state index in [1.807, 2.05) is 13.8 Å². The van der Waals surface area contributed by atoms with E-state index < -0.39 is 43.9 Å². The van der Waals surface area contributed by atoms with Crippen LogP contribution in [0.5, 0.6) is 0 Å². The number of rotatable bonds is 8. The lowest BCUT2D eigenvalue weighted by Crippen LogP contribution is -2.41. The van der Waals surface area contributed by atoms with Gasteiger partial charge in [0.1, 0.15) is 30.3 Å². The first-order chi connectivity index (χ1) is 14.2. The van der Waals surface area contributed by atoms with Gasteiger partial charge in [-0.3, -0.25) is 18.4 Å². The summed E-state index contributed by atoms with van der Waals surface area (Å²) in [6, 6.07) is 0.620. The van der Waals surface area contributed by atoms with Gasteiger partial charge in [0.05, 0.1) is 13.2 Å². The second kappa shape index (κ2) is 9.57. The number of hydrogen-bond acceptors (Lipinski definition) is 9. The maximum atomic E-state index is 13.0. The molecule has 11 nitrogen and oxygen atoms in total. The number of fused-ring (bicyclic) bond motifs is 1. The molecule has 3 rings (SSSR count). The lowest BCUT2D eigenvalue weighted by atomic mass is 10.1. The van der Waals surface area contributed by atoms with Crippen molar-refractivity contribution in [3.8, 4) is 0 Å². The normalized spacial score (nSPS) is 29.5. The van der Waals surface area contributed by atoms with Crippen molar-refractivity contribution in [2.45, 2.75) is 64.5 Å². The van der Waals surface area contributed by atoms with Crippen LogP contribution in [0.4, 0.5) is 5.82 Å². The predicted molar refractivity (Wildman–Crippen MR) is 107 cm³/mol. The average molecular weight is 444 g/mol. The molecule has 30 heavy (non-hydrogen) atoms. The molecule has 0 saturated carbocycles. The minimum atomic E-state index is -3.75. The molecule has 168 valence electrons. The zero-order chi connectivity index (χ0) is 21.9. The summed E-state index contributed by atoms with van der Waals surface area (Å²) in [5, 5.41) is 2.62. The molecule has 0 bridgehead atoms. The first kappa shape index (κ1) is 22.9. The zero-order valence-electron chi connectivity index (χ0n) is 17.4. The summed E-state index contributed by atoms with van der Waals surface area (Å²) in [6.45, 7) is 5.93. The van der Waals surface area contributed by atoms with E-state index in [2.05, 4.69) is 10.1 Å². The molecule has 1 aromatic heterocycles. The molecule has 0 amide bonds. The number of nitrogen functional groups attached to an aromatic ring is 1. The number of carbonyl (C=O) groups is 1. The minimum Gasteiger partial charge on any atom is -0.464 e. The minimum absolute atomic E-state index is 0.00188. The Kier molecular flexibility index (Phi) is 7.30. The summed E-state index contributed by atoms with van der Waals surface area (Å²) in [7, 11) is -3.75. The molecule has 2 aliphatic rings. The van der Waals surface area contributed by atoms with E-state index in [1.54, 1.807) is 6.92 Å². The summed E-state index contributed by atoms with van der Waals surface area (Å²) in [5.41, 5.74) is 4.96. The number of esters is 1. The third kappa shape index (κ3) is 5.28. The van der Waals surface area contributed by atoms with Crippen molar-refractivity contribution in [1.82, 2.24) is 14.6 Å². The predicted octanol–water partition coefficient (Wildman–Crippen LogP) is 1.59. The smallest absolute Gasteiger partial charge is 0.406 e. The Balaban J connectivity index is 1.57. The molecule has 0 aliphatic carbocycles. The number of aromatic nitrogens is 2. The second-order valence-electron chi connectivity index (χ2n) is 7.51. The van der Waals surface area contributed by atoms with Gasteiger partial charge in [-0.25, -0.2) is 14.4 Å². The first-order valence-electron chi connectivity index (χ1n) is 10.1. The highest BCUT2D eigenvalue weighted by atomic mass is 31.2. The van der Waals surface area contributed by atoms with Gasteiger partial charge in [0, 0.05) is 12.6 Å². The second-order valence-corrected chi connectivity index (χ2v) is 9.23. The number of nitrogens with two attached hydrogens (primary N) is 1. The van der Waals surface area contributed by atoms with Crippen LogP contribution < -0.4 is 16.5 Å². The van der Waals surface area contributed by atoms with Crippen LogP contribution >= 0.6 is 7.75 Å². The third-order valence-corrected chi connectivity index (χ3v) is 7.09. The van der Waals surface area contributed by atoms with E-state index in [-0.39, 0.29) is 18.8 Å². The Labute approximate surface area is 174 Å². The van der Waals surface area contributed by atoms with Crippen LogP contribution in [0.3, 0.4) is 0 Å². The van der Waals surface area contributed by atoms with Crippen LogP contribution in [0.15, 0.2) is 17.1 Å². The maximum absolute atomic E-state index is 13.0. The van der Waals surface area contributed by atoms with Crippen molar-refractivity contribution < 1.29 is 27.9 Å². The fourth-order valence-corrected chi connectivity index (χ4v) is 5.06. The molecule has 0 spiro atoms. The van der Waals surface area contributed by atoms with E-state index in [4.69, 9.17) is 24.3 Å². The largest absolute Gasteiger partial charge is 0.464 e. The molecule has 1 unspecified atom stereocenters. The van der Waals surface area contributed by atoms with Gasteiger partial charge in [0.15, 0.2) is 0 Å². The van der Waals surface area contributed by atoms with Crippen molar-refractivity contribution in [1.29, 1.82) is 0 Å². The molecule has 1 aromatic rings. The Hall–Kier alpha value is -1.78. The number of hydrogen-bond donors (Lipinski definition) is 2. The van der Waals surface area contributed by atoms with E-state index in [0.717, 1.165) is 12.8 Å². The zero-order valence-corrected chi connectivity index (χ0v) is 18.2. The summed E-state index contributed by atoms with van der Waals surface area (Å²) >= 11 is 0. The lowest BCUT2D eigenvalue weighted by Gasteiger charge is -2.32. The highest BCUT2D eigenvalue weighted by molar-refractivity contribution is 7.51. The highest BCUT2D eigenvalue weighted by Gasteiger charge is 2.48. The van der Waals surface area contributed by atoms with Crippen molar-refractivity contribution in [2.75, 3.05) is 18.9 Å². The SMILES string of the molecule is CCC(CC)COC(=O)[C@H](C)NP1(=O)OC[C@H]2O[C@@H](n3ccc(N)nc3=O)C[C@@H]2O1. The third-order valence-electron chi connectivity index (χ3n) is 5.35. The summed E-state index contributed by atoms with van der Waals surface area (Å²) < 4.78 is 36.4. The molecule has 12 heteroatoms. The average Bonchev–Trinajstić information content (AvgIpc) is 3.10. The van der Waals surface area contributed by atoms with E-state index in [9.17, 15) is 14.2 Å². The summed E-state index contributed by atoms with van der Waals surface area (Å²) in [4.78, 5) is 27.9. The van der Waals surface area contributed by atoms with E-state index >= 15 is 0 Å². The fraction of sp³-hybridized carbons (Fsp3) is 0.722. The molecular weight excluding hydrogens is 415 g/mol. The first-order valence-corrected chi connectivity index (χ1v) is 11.7. The van der Waals surface area contributed by atoms with Crippen molar-refractivity contribution >= 4 is 19.5 Å². The Bertz CT molecular complexity index is 859. The molecule has 2 saturated heterocycles. The van der Waals surface area contributed by atoms with E-state index in [1.165, 1.54) is 16.8 Å². The molecule has 2 aliphatic heterocycles. The summed E-state index contributed by atoms with van der Waals surface area (Å²) in [5.74, 6) is -0.115. The van der Waals surface area contributed by atoms with Crippen LogP contribution in [-0.2, 0) is 27.9 Å². The van der Waals surface area contributed by atoms with E-state index in [0.29, 0.717) is 12.5 Å². The molecule has 2 fully saturated rings. The van der Waals surface area contributed by atoms with Crippen LogP contribution in [0.1, 0.15) is 46.3 Å². The van der Waals surface area contributed by atoms with Crippen molar-refractivity contribution in [3.05, 3.63) is 22.7 Å². The topological polar surface area (TPSA) is 144 Å². The van der Waals surface area contributed by atoms with Crippen LogP contribution in [0, 0.1) is 5.92 Å². The number of carbonyl (C=O) groups excluding carboxylic acids is 1. The Morgan fingerprint density at radius 3 is 2.83 bits per heavy atom. The quantitative estimate of drug-likeness (QED) is 0.448. The molecule has 3 N–H and O–H groups in total.